The molecule has 2 unspecified atom stereocenters. The third kappa shape index (κ3) is 2.74. The van der Waals surface area contributed by atoms with Crippen LogP contribution in [0, 0.1) is 11.3 Å². The van der Waals surface area contributed by atoms with Gasteiger partial charge >= 0.3 is 0 Å². The molecule has 15 heavy (non-hydrogen) atoms. The monoisotopic (exact) mass is 294 g/mol. The van der Waals surface area contributed by atoms with Gasteiger partial charge < -0.3 is 10.6 Å². The summed E-state index contributed by atoms with van der Waals surface area (Å²) in [5.41, 5.74) is 0.303. The molecule has 1 spiro atoms. The van der Waals surface area contributed by atoms with Crippen LogP contribution in [0.5, 0.6) is 0 Å². The maximum atomic E-state index is 11.7. The SMILES string of the molecule is C=C(Br)CNC(=O)C1CC12CCNC2.Cl. The van der Waals surface area contributed by atoms with Crippen LogP contribution < -0.4 is 10.6 Å². The number of amides is 1. The molecule has 1 saturated heterocycles. The van der Waals surface area contributed by atoms with Crippen molar-refractivity contribution in [2.45, 2.75) is 12.8 Å². The van der Waals surface area contributed by atoms with Gasteiger partial charge in [0.15, 0.2) is 0 Å². The molecule has 5 heteroatoms. The Bertz CT molecular complexity index is 277. The van der Waals surface area contributed by atoms with Crippen molar-refractivity contribution in [3.05, 3.63) is 11.1 Å². The molecule has 2 aliphatic rings. The van der Waals surface area contributed by atoms with Crippen LogP contribution in [0.25, 0.3) is 0 Å². The van der Waals surface area contributed by atoms with Crippen LogP contribution in [0.3, 0.4) is 0 Å². The first-order valence-corrected chi connectivity index (χ1v) is 5.75. The summed E-state index contributed by atoms with van der Waals surface area (Å²) < 4.78 is 0.824. The number of carbonyl (C=O) groups excluding carboxylic acids is 1. The second-order valence-electron chi connectivity index (χ2n) is 4.28. The Morgan fingerprint density at radius 3 is 2.93 bits per heavy atom. The lowest BCUT2D eigenvalue weighted by atomic mass is 10.0. The van der Waals surface area contributed by atoms with E-state index in [1.165, 1.54) is 0 Å². The fourth-order valence-electron chi connectivity index (χ4n) is 2.26. The Morgan fingerprint density at radius 1 is 1.67 bits per heavy atom. The van der Waals surface area contributed by atoms with Crippen LogP contribution in [-0.2, 0) is 4.79 Å². The van der Waals surface area contributed by atoms with Crippen molar-refractivity contribution in [1.29, 1.82) is 0 Å². The molecule has 0 aromatic rings. The fourth-order valence-corrected chi connectivity index (χ4v) is 2.40. The predicted octanol–water partition coefficient (Wildman–Crippen LogP) is 1.43. The highest BCUT2D eigenvalue weighted by atomic mass is 79.9. The molecule has 1 aliphatic heterocycles. The van der Waals surface area contributed by atoms with Gasteiger partial charge in [-0.15, -0.1) is 12.4 Å². The lowest BCUT2D eigenvalue weighted by Crippen LogP contribution is -2.28. The van der Waals surface area contributed by atoms with Gasteiger partial charge in [0.25, 0.3) is 0 Å². The van der Waals surface area contributed by atoms with Crippen molar-refractivity contribution in [3.8, 4) is 0 Å². The lowest BCUT2D eigenvalue weighted by Gasteiger charge is -2.07. The van der Waals surface area contributed by atoms with Gasteiger partial charge in [-0.1, -0.05) is 22.5 Å². The highest BCUT2D eigenvalue weighted by molar-refractivity contribution is 9.11. The number of rotatable bonds is 3. The average Bonchev–Trinajstić information content (AvgIpc) is 2.61. The van der Waals surface area contributed by atoms with E-state index in [0.717, 1.165) is 30.4 Å². The van der Waals surface area contributed by atoms with Crippen LogP contribution in [0.15, 0.2) is 11.1 Å². The van der Waals surface area contributed by atoms with Crippen LogP contribution in [-0.4, -0.2) is 25.5 Å². The van der Waals surface area contributed by atoms with Gasteiger partial charge in [0.2, 0.25) is 5.91 Å². The van der Waals surface area contributed by atoms with E-state index < -0.39 is 0 Å². The fraction of sp³-hybridized carbons (Fsp3) is 0.700. The van der Waals surface area contributed by atoms with E-state index in [1.807, 2.05) is 0 Å². The largest absolute Gasteiger partial charge is 0.351 e. The lowest BCUT2D eigenvalue weighted by molar-refractivity contribution is -0.122. The van der Waals surface area contributed by atoms with Gasteiger partial charge in [0.05, 0.1) is 0 Å². The summed E-state index contributed by atoms with van der Waals surface area (Å²) in [6.07, 6.45) is 2.21. The summed E-state index contributed by atoms with van der Waals surface area (Å²) in [6, 6.07) is 0. The van der Waals surface area contributed by atoms with Crippen molar-refractivity contribution in [3.63, 3.8) is 0 Å². The Balaban J connectivity index is 0.00000112. The highest BCUT2D eigenvalue weighted by Crippen LogP contribution is 2.56. The molecule has 2 atom stereocenters. The summed E-state index contributed by atoms with van der Waals surface area (Å²) in [5, 5.41) is 6.20. The third-order valence-corrected chi connectivity index (χ3v) is 3.52. The smallest absolute Gasteiger partial charge is 0.224 e. The quantitative estimate of drug-likeness (QED) is 0.827. The van der Waals surface area contributed by atoms with Crippen molar-refractivity contribution in [1.82, 2.24) is 10.6 Å². The second-order valence-corrected chi connectivity index (χ2v) is 5.40. The highest BCUT2D eigenvalue weighted by Gasteiger charge is 2.58. The van der Waals surface area contributed by atoms with Crippen molar-refractivity contribution >= 4 is 34.2 Å². The molecule has 2 fully saturated rings. The number of nitrogens with one attached hydrogen (secondary N) is 2. The van der Waals surface area contributed by atoms with Crippen LogP contribution in [0.4, 0.5) is 0 Å². The van der Waals surface area contributed by atoms with Crippen molar-refractivity contribution in [2.24, 2.45) is 11.3 Å². The Labute approximate surface area is 105 Å². The summed E-state index contributed by atoms with van der Waals surface area (Å²) in [6.45, 7) is 6.30. The molecule has 1 heterocycles. The predicted molar refractivity (Wildman–Crippen MR) is 66.4 cm³/mol. The average molecular weight is 296 g/mol. The van der Waals surface area contributed by atoms with Gasteiger partial charge in [-0.3, -0.25) is 4.79 Å². The van der Waals surface area contributed by atoms with E-state index in [1.54, 1.807) is 0 Å². The molecule has 1 aliphatic carbocycles. The van der Waals surface area contributed by atoms with Crippen molar-refractivity contribution < 1.29 is 4.79 Å². The van der Waals surface area contributed by atoms with Gasteiger partial charge in [0.1, 0.15) is 0 Å². The zero-order valence-corrected chi connectivity index (χ0v) is 10.9. The van der Waals surface area contributed by atoms with E-state index >= 15 is 0 Å². The molecule has 86 valence electrons. The first-order chi connectivity index (χ1) is 6.64. The zero-order valence-electron chi connectivity index (χ0n) is 8.51. The summed E-state index contributed by atoms with van der Waals surface area (Å²) in [5.74, 6) is 0.429. The standard InChI is InChI=1S/C10H15BrN2O.ClH/c1-7(11)5-13-9(14)8-4-10(8)2-3-12-6-10;/h8,12H,1-6H2,(H,13,14);1H. The topological polar surface area (TPSA) is 41.1 Å². The molecular weight excluding hydrogens is 279 g/mol. The van der Waals surface area contributed by atoms with E-state index in [4.69, 9.17) is 0 Å². The number of hydrogen-bond donors (Lipinski definition) is 2. The van der Waals surface area contributed by atoms with Crippen molar-refractivity contribution in [2.75, 3.05) is 19.6 Å². The molecule has 2 N–H and O–H groups in total. The Hall–Kier alpha value is -0.0600. The maximum absolute atomic E-state index is 11.7. The van der Waals surface area contributed by atoms with Gasteiger partial charge in [-0.2, -0.15) is 0 Å². The minimum Gasteiger partial charge on any atom is -0.351 e. The molecule has 1 saturated carbocycles. The van der Waals surface area contributed by atoms with E-state index in [-0.39, 0.29) is 24.2 Å². The number of halogens is 2. The van der Waals surface area contributed by atoms with E-state index in [0.29, 0.717) is 12.0 Å². The van der Waals surface area contributed by atoms with Gasteiger partial charge in [-0.25, -0.2) is 0 Å². The van der Waals surface area contributed by atoms with Crippen LogP contribution in [0.1, 0.15) is 12.8 Å². The number of hydrogen-bond acceptors (Lipinski definition) is 2. The molecular formula is C10H16BrClN2O. The minimum absolute atomic E-state index is 0. The summed E-state index contributed by atoms with van der Waals surface area (Å²) in [7, 11) is 0. The third-order valence-electron chi connectivity index (χ3n) is 3.24. The van der Waals surface area contributed by atoms with E-state index in [9.17, 15) is 4.79 Å². The molecule has 0 bridgehead atoms. The first kappa shape index (κ1) is 13.0. The first-order valence-electron chi connectivity index (χ1n) is 4.96. The molecule has 3 nitrogen and oxygen atoms in total. The second kappa shape index (κ2) is 4.85. The molecule has 0 aromatic heterocycles. The zero-order chi connectivity index (χ0) is 10.2. The van der Waals surface area contributed by atoms with Crippen LogP contribution >= 0.6 is 28.3 Å². The maximum Gasteiger partial charge on any atom is 0.224 e. The number of carbonyl (C=O) groups is 1. The molecule has 2 rings (SSSR count). The van der Waals surface area contributed by atoms with E-state index in [2.05, 4.69) is 33.1 Å². The Morgan fingerprint density at radius 2 is 2.40 bits per heavy atom. The Kier molecular flexibility index (Phi) is 4.20. The summed E-state index contributed by atoms with van der Waals surface area (Å²) >= 11 is 3.23. The minimum atomic E-state index is 0. The van der Waals surface area contributed by atoms with Gasteiger partial charge in [-0.05, 0) is 24.8 Å². The molecule has 0 aromatic carbocycles. The van der Waals surface area contributed by atoms with Gasteiger partial charge in [0, 0.05) is 23.5 Å². The normalized spacial score (nSPS) is 32.2. The molecule has 0 radical (unpaired) electrons. The summed E-state index contributed by atoms with van der Waals surface area (Å²) in [4.78, 5) is 11.7. The van der Waals surface area contributed by atoms with Crippen LogP contribution in [0.2, 0.25) is 0 Å². The molecule has 1 amide bonds.